The zero-order valence-corrected chi connectivity index (χ0v) is 23.7. The fourth-order valence-corrected chi connectivity index (χ4v) is 5.12. The van der Waals surface area contributed by atoms with E-state index in [0.717, 1.165) is 16.7 Å². The maximum absolute atomic E-state index is 13.5. The van der Waals surface area contributed by atoms with Crippen LogP contribution in [0, 0.1) is 31.5 Å². The second-order valence-corrected chi connectivity index (χ2v) is 11.1. The standard InChI is InChI=1S/C33H36FNO5/c1-21-17-24(18-22(2)31(21)40-33(4,5)23(3)36)11-12-26-19-35(32(38)39-28-9-7-6-8-10-28)20-29(26)30(37)25-13-15-27(34)16-14-25/h6-10,13-18,26,29H,11-12,19-20H2,1-5H3/t26-,29-/m1/s1. The van der Waals surface area contributed by atoms with E-state index in [1.165, 1.54) is 31.2 Å². The van der Waals surface area contributed by atoms with E-state index in [1.807, 2.05) is 32.0 Å². The second-order valence-electron chi connectivity index (χ2n) is 11.1. The van der Waals surface area contributed by atoms with E-state index in [2.05, 4.69) is 0 Å². The SMILES string of the molecule is CC(=O)C(C)(C)Oc1c(C)cc(CC[C@@H]2CN(C(=O)Oc3ccccc3)C[C@H]2C(=O)c2ccc(F)cc2)cc1C. The maximum atomic E-state index is 13.5. The molecule has 0 aromatic heterocycles. The molecular formula is C33H36FNO5. The van der Waals surface area contributed by atoms with E-state index in [-0.39, 0.29) is 24.0 Å². The van der Waals surface area contributed by atoms with Crippen LogP contribution in [0.15, 0.2) is 66.7 Å². The minimum atomic E-state index is -0.924. The Morgan fingerprint density at radius 3 is 2.17 bits per heavy atom. The van der Waals surface area contributed by atoms with Gasteiger partial charge in [-0.25, -0.2) is 9.18 Å². The number of nitrogens with zero attached hydrogens (tertiary/aromatic N) is 1. The summed E-state index contributed by atoms with van der Waals surface area (Å²) in [5, 5.41) is 0. The molecule has 3 aromatic rings. The molecule has 210 valence electrons. The number of likely N-dealkylation sites (tertiary alicyclic amines) is 1. The normalized spacial score (nSPS) is 17.0. The molecule has 0 bridgehead atoms. The summed E-state index contributed by atoms with van der Waals surface area (Å²) in [5.74, 6) is 0.0374. The number of hydrogen-bond acceptors (Lipinski definition) is 5. The number of Topliss-reactive ketones (excluding diaryl/α,β-unsaturated/α-hetero) is 2. The number of amides is 1. The van der Waals surface area contributed by atoms with E-state index in [4.69, 9.17) is 9.47 Å². The molecule has 0 radical (unpaired) electrons. The molecule has 40 heavy (non-hydrogen) atoms. The minimum absolute atomic E-state index is 0.0520. The number of carbonyl (C=O) groups excluding carboxylic acids is 3. The molecule has 3 aromatic carbocycles. The molecule has 1 aliphatic rings. The molecule has 1 amide bonds. The number of rotatable bonds is 9. The highest BCUT2D eigenvalue weighted by molar-refractivity contribution is 5.98. The summed E-state index contributed by atoms with van der Waals surface area (Å²) in [6.07, 6.45) is 0.870. The molecule has 1 heterocycles. The van der Waals surface area contributed by atoms with Crippen LogP contribution in [0.4, 0.5) is 9.18 Å². The third-order valence-electron chi connectivity index (χ3n) is 7.64. The van der Waals surface area contributed by atoms with Gasteiger partial charge in [-0.3, -0.25) is 9.59 Å². The van der Waals surface area contributed by atoms with E-state index in [0.29, 0.717) is 36.4 Å². The fraction of sp³-hybridized carbons (Fsp3) is 0.364. The smallest absolute Gasteiger partial charge is 0.415 e. The molecule has 4 rings (SSSR count). The first-order valence-corrected chi connectivity index (χ1v) is 13.6. The van der Waals surface area contributed by atoms with Crippen LogP contribution in [0.3, 0.4) is 0 Å². The van der Waals surface area contributed by atoms with E-state index < -0.39 is 23.4 Å². The lowest BCUT2D eigenvalue weighted by molar-refractivity contribution is -0.129. The van der Waals surface area contributed by atoms with Crippen molar-refractivity contribution in [3.05, 3.63) is 94.8 Å². The van der Waals surface area contributed by atoms with Crippen molar-refractivity contribution in [3.8, 4) is 11.5 Å². The summed E-state index contributed by atoms with van der Waals surface area (Å²) in [7, 11) is 0. The Morgan fingerprint density at radius 2 is 1.57 bits per heavy atom. The number of carbonyl (C=O) groups is 3. The molecule has 0 N–H and O–H groups in total. The van der Waals surface area contributed by atoms with Gasteiger partial charge in [0.05, 0.1) is 0 Å². The molecule has 2 atom stereocenters. The number of hydrogen-bond donors (Lipinski definition) is 0. The summed E-state index contributed by atoms with van der Waals surface area (Å²) >= 11 is 0. The van der Waals surface area contributed by atoms with Crippen LogP contribution >= 0.6 is 0 Å². The number of halogens is 1. The summed E-state index contributed by atoms with van der Waals surface area (Å²) in [5.41, 5.74) is 2.45. The predicted molar refractivity (Wildman–Crippen MR) is 151 cm³/mol. The Kier molecular flexibility index (Phi) is 8.72. The van der Waals surface area contributed by atoms with Crippen molar-refractivity contribution >= 4 is 17.7 Å². The number of para-hydroxylation sites is 1. The quantitative estimate of drug-likeness (QED) is 0.278. The molecular weight excluding hydrogens is 509 g/mol. The zero-order chi connectivity index (χ0) is 29.0. The maximum Gasteiger partial charge on any atom is 0.415 e. The molecule has 7 heteroatoms. The molecule has 6 nitrogen and oxygen atoms in total. The van der Waals surface area contributed by atoms with Gasteiger partial charge in [0.25, 0.3) is 0 Å². The van der Waals surface area contributed by atoms with Gasteiger partial charge in [-0.1, -0.05) is 30.3 Å². The lowest BCUT2D eigenvalue weighted by Crippen LogP contribution is -2.36. The van der Waals surface area contributed by atoms with Crippen LogP contribution in [-0.4, -0.2) is 41.3 Å². The van der Waals surface area contributed by atoms with Crippen molar-refractivity contribution in [1.29, 1.82) is 0 Å². The fourth-order valence-electron chi connectivity index (χ4n) is 5.12. The van der Waals surface area contributed by atoms with Gasteiger partial charge in [0.1, 0.15) is 17.3 Å². The Balaban J connectivity index is 1.51. The Morgan fingerprint density at radius 1 is 0.950 bits per heavy atom. The molecule has 1 fully saturated rings. The van der Waals surface area contributed by atoms with Crippen LogP contribution in [-0.2, 0) is 11.2 Å². The Bertz CT molecular complexity index is 1360. The first-order chi connectivity index (χ1) is 18.9. The predicted octanol–water partition coefficient (Wildman–Crippen LogP) is 6.75. The van der Waals surface area contributed by atoms with E-state index in [1.54, 1.807) is 43.0 Å². The monoisotopic (exact) mass is 545 g/mol. The third kappa shape index (κ3) is 6.76. The van der Waals surface area contributed by atoms with Gasteiger partial charge >= 0.3 is 6.09 Å². The first-order valence-electron chi connectivity index (χ1n) is 13.6. The van der Waals surface area contributed by atoms with Gasteiger partial charge in [-0.05, 0) is 106 Å². The average molecular weight is 546 g/mol. The van der Waals surface area contributed by atoms with Gasteiger partial charge < -0.3 is 14.4 Å². The van der Waals surface area contributed by atoms with Crippen molar-refractivity contribution in [3.63, 3.8) is 0 Å². The number of aryl methyl sites for hydroxylation is 3. The van der Waals surface area contributed by atoms with Gasteiger partial charge in [-0.15, -0.1) is 0 Å². The molecule has 0 spiro atoms. The van der Waals surface area contributed by atoms with Gasteiger partial charge in [0.15, 0.2) is 17.2 Å². The minimum Gasteiger partial charge on any atom is -0.480 e. The lowest BCUT2D eigenvalue weighted by atomic mass is 9.84. The van der Waals surface area contributed by atoms with Crippen LogP contribution in [0.1, 0.15) is 54.2 Å². The zero-order valence-electron chi connectivity index (χ0n) is 23.7. The number of ether oxygens (including phenoxy) is 2. The Labute approximate surface area is 235 Å². The van der Waals surface area contributed by atoms with Crippen molar-refractivity contribution in [2.45, 2.75) is 53.1 Å². The second kappa shape index (κ2) is 12.0. The summed E-state index contributed by atoms with van der Waals surface area (Å²) in [6.45, 7) is 9.57. The van der Waals surface area contributed by atoms with Crippen molar-refractivity contribution < 1.29 is 28.2 Å². The van der Waals surface area contributed by atoms with E-state index in [9.17, 15) is 18.8 Å². The number of benzene rings is 3. The lowest BCUT2D eigenvalue weighted by Gasteiger charge is -2.26. The molecule has 0 aliphatic carbocycles. The average Bonchev–Trinajstić information content (AvgIpc) is 3.34. The Hall–Kier alpha value is -4.00. The van der Waals surface area contributed by atoms with Crippen LogP contribution in [0.2, 0.25) is 0 Å². The van der Waals surface area contributed by atoms with Crippen molar-refractivity contribution in [1.82, 2.24) is 4.90 Å². The molecule has 0 unspecified atom stereocenters. The van der Waals surface area contributed by atoms with E-state index >= 15 is 0 Å². The topological polar surface area (TPSA) is 72.9 Å². The van der Waals surface area contributed by atoms with Crippen LogP contribution < -0.4 is 9.47 Å². The van der Waals surface area contributed by atoms with Gasteiger partial charge in [0.2, 0.25) is 0 Å². The largest absolute Gasteiger partial charge is 0.480 e. The first kappa shape index (κ1) is 29.0. The molecule has 1 aliphatic heterocycles. The van der Waals surface area contributed by atoms with Gasteiger partial charge in [0, 0.05) is 24.6 Å². The summed E-state index contributed by atoms with van der Waals surface area (Å²) in [6, 6.07) is 18.5. The molecule has 1 saturated heterocycles. The molecule has 0 saturated carbocycles. The highest BCUT2D eigenvalue weighted by Crippen LogP contribution is 2.33. The van der Waals surface area contributed by atoms with Crippen molar-refractivity contribution in [2.24, 2.45) is 11.8 Å². The highest BCUT2D eigenvalue weighted by atomic mass is 19.1. The summed E-state index contributed by atoms with van der Waals surface area (Å²) in [4.78, 5) is 40.0. The van der Waals surface area contributed by atoms with Gasteiger partial charge in [-0.2, -0.15) is 0 Å². The highest BCUT2D eigenvalue weighted by Gasteiger charge is 2.40. The van der Waals surface area contributed by atoms with Crippen LogP contribution in [0.5, 0.6) is 11.5 Å². The summed E-state index contributed by atoms with van der Waals surface area (Å²) < 4.78 is 25.1. The number of ketones is 2. The van der Waals surface area contributed by atoms with Crippen molar-refractivity contribution in [2.75, 3.05) is 13.1 Å². The van der Waals surface area contributed by atoms with Crippen LogP contribution in [0.25, 0.3) is 0 Å². The third-order valence-corrected chi connectivity index (χ3v) is 7.64.